The Hall–Kier alpha value is -3.81. The fraction of sp³-hybridized carbons (Fsp3) is 0.105. The molecule has 8 nitrogen and oxygen atoms in total. The maximum Gasteiger partial charge on any atom is 0.268 e. The predicted octanol–water partition coefficient (Wildman–Crippen LogP) is 2.01. The first-order valence-electron chi connectivity index (χ1n) is 8.42. The monoisotopic (exact) mass is 359 g/mol. The SMILES string of the molecule is O=C1C[C@@H](c2ccccc2)n2nc(N3C(=O)c4ccccc4C3=O)nc2N1. The molecule has 0 spiro atoms. The molecule has 0 aliphatic carbocycles. The summed E-state index contributed by atoms with van der Waals surface area (Å²) in [5, 5.41) is 7.04. The highest BCUT2D eigenvalue weighted by Crippen LogP contribution is 2.32. The van der Waals surface area contributed by atoms with Gasteiger partial charge in [0.2, 0.25) is 11.9 Å². The van der Waals surface area contributed by atoms with Crippen molar-refractivity contribution in [2.45, 2.75) is 12.5 Å². The summed E-state index contributed by atoms with van der Waals surface area (Å²) in [7, 11) is 0. The molecule has 0 saturated carbocycles. The summed E-state index contributed by atoms with van der Waals surface area (Å²) < 4.78 is 1.55. The molecule has 5 rings (SSSR count). The molecular formula is C19H13N5O3. The van der Waals surface area contributed by atoms with E-state index in [4.69, 9.17) is 0 Å². The lowest BCUT2D eigenvalue weighted by atomic mass is 10.0. The van der Waals surface area contributed by atoms with Gasteiger partial charge in [-0.15, -0.1) is 5.10 Å². The zero-order valence-corrected chi connectivity index (χ0v) is 14.0. The van der Waals surface area contributed by atoms with Crippen molar-refractivity contribution in [3.05, 3.63) is 71.3 Å². The molecule has 1 N–H and O–H groups in total. The number of imide groups is 1. The molecule has 2 aliphatic rings. The van der Waals surface area contributed by atoms with Crippen LogP contribution in [0.25, 0.3) is 0 Å². The Morgan fingerprint density at radius 3 is 2.19 bits per heavy atom. The number of nitrogens with one attached hydrogen (secondary N) is 1. The number of amides is 3. The van der Waals surface area contributed by atoms with Crippen LogP contribution >= 0.6 is 0 Å². The lowest BCUT2D eigenvalue weighted by Gasteiger charge is -2.23. The molecule has 3 aromatic rings. The standard InChI is InChI=1S/C19H13N5O3/c25-15-10-14(11-6-2-1-3-7-11)24-18(20-15)21-19(22-24)23-16(26)12-8-4-5-9-13(12)17(23)27/h1-9,14H,10H2,(H,20,21,22,25)/t14-/m0/s1. The zero-order valence-electron chi connectivity index (χ0n) is 14.0. The van der Waals surface area contributed by atoms with E-state index in [1.165, 1.54) is 0 Å². The lowest BCUT2D eigenvalue weighted by Crippen LogP contribution is -2.31. The first kappa shape index (κ1) is 15.4. The van der Waals surface area contributed by atoms with E-state index < -0.39 is 11.8 Å². The summed E-state index contributed by atoms with van der Waals surface area (Å²) in [4.78, 5) is 42.6. The predicted molar refractivity (Wildman–Crippen MR) is 95.4 cm³/mol. The first-order chi connectivity index (χ1) is 13.1. The van der Waals surface area contributed by atoms with Crippen LogP contribution in [0.5, 0.6) is 0 Å². The van der Waals surface area contributed by atoms with E-state index in [1.807, 2.05) is 30.3 Å². The molecular weight excluding hydrogens is 346 g/mol. The minimum atomic E-state index is -0.471. The number of hydrogen-bond donors (Lipinski definition) is 1. The quantitative estimate of drug-likeness (QED) is 0.706. The van der Waals surface area contributed by atoms with Crippen molar-refractivity contribution in [2.75, 3.05) is 10.2 Å². The highest BCUT2D eigenvalue weighted by atomic mass is 16.2. The molecule has 0 unspecified atom stereocenters. The maximum absolute atomic E-state index is 12.7. The number of nitrogens with zero attached hydrogens (tertiary/aromatic N) is 4. The minimum absolute atomic E-state index is 0.0423. The second-order valence-electron chi connectivity index (χ2n) is 6.35. The molecule has 2 aliphatic heterocycles. The Morgan fingerprint density at radius 1 is 0.889 bits per heavy atom. The van der Waals surface area contributed by atoms with Gasteiger partial charge < -0.3 is 0 Å². The van der Waals surface area contributed by atoms with E-state index in [9.17, 15) is 14.4 Å². The van der Waals surface area contributed by atoms with Crippen molar-refractivity contribution in [2.24, 2.45) is 0 Å². The van der Waals surface area contributed by atoms with Crippen molar-refractivity contribution in [1.82, 2.24) is 14.8 Å². The van der Waals surface area contributed by atoms with E-state index in [1.54, 1.807) is 28.9 Å². The average Bonchev–Trinajstić information content (AvgIpc) is 3.21. The summed E-state index contributed by atoms with van der Waals surface area (Å²) in [6, 6.07) is 15.7. The van der Waals surface area contributed by atoms with E-state index in [-0.39, 0.29) is 30.3 Å². The van der Waals surface area contributed by atoms with Crippen LogP contribution in [-0.2, 0) is 4.79 Å². The highest BCUT2D eigenvalue weighted by Gasteiger charge is 2.40. The van der Waals surface area contributed by atoms with Gasteiger partial charge in [-0.05, 0) is 17.7 Å². The van der Waals surface area contributed by atoms with Crippen molar-refractivity contribution in [1.29, 1.82) is 0 Å². The van der Waals surface area contributed by atoms with E-state index in [0.717, 1.165) is 10.5 Å². The van der Waals surface area contributed by atoms with Gasteiger partial charge in [0.15, 0.2) is 0 Å². The molecule has 3 heterocycles. The van der Waals surface area contributed by atoms with Gasteiger partial charge in [0.25, 0.3) is 17.8 Å². The van der Waals surface area contributed by atoms with Crippen molar-refractivity contribution < 1.29 is 14.4 Å². The Morgan fingerprint density at radius 2 is 1.52 bits per heavy atom. The van der Waals surface area contributed by atoms with E-state index >= 15 is 0 Å². The first-order valence-corrected chi connectivity index (χ1v) is 8.42. The van der Waals surface area contributed by atoms with Crippen molar-refractivity contribution >= 4 is 29.6 Å². The molecule has 1 aromatic heterocycles. The van der Waals surface area contributed by atoms with Crippen molar-refractivity contribution in [3.8, 4) is 0 Å². The van der Waals surface area contributed by atoms with Gasteiger partial charge in [0.1, 0.15) is 0 Å². The number of benzene rings is 2. The Kier molecular flexibility index (Phi) is 3.20. The summed E-state index contributed by atoms with van der Waals surface area (Å²) in [6.07, 6.45) is 0.196. The molecule has 8 heteroatoms. The second kappa shape index (κ2) is 5.60. The number of anilines is 2. The van der Waals surface area contributed by atoms with Gasteiger partial charge in [0, 0.05) is 0 Å². The molecule has 0 bridgehead atoms. The third-order valence-electron chi connectivity index (χ3n) is 4.72. The Bertz CT molecular complexity index is 1070. The average molecular weight is 359 g/mol. The molecule has 0 saturated heterocycles. The van der Waals surface area contributed by atoms with Crippen LogP contribution in [0.4, 0.5) is 11.9 Å². The van der Waals surface area contributed by atoms with Gasteiger partial charge in [-0.25, -0.2) is 9.58 Å². The third kappa shape index (κ3) is 2.27. The highest BCUT2D eigenvalue weighted by molar-refractivity contribution is 6.33. The summed E-state index contributed by atoms with van der Waals surface area (Å²) >= 11 is 0. The molecule has 1 atom stereocenters. The summed E-state index contributed by atoms with van der Waals surface area (Å²) in [6.45, 7) is 0. The lowest BCUT2D eigenvalue weighted by molar-refractivity contribution is -0.117. The topological polar surface area (TPSA) is 97.2 Å². The smallest absolute Gasteiger partial charge is 0.268 e. The third-order valence-corrected chi connectivity index (χ3v) is 4.72. The number of carbonyl (C=O) groups is 3. The Labute approximate surface area is 153 Å². The van der Waals surface area contributed by atoms with E-state index in [0.29, 0.717) is 11.1 Å². The normalized spacial score (nSPS) is 18.3. The van der Waals surface area contributed by atoms with E-state index in [2.05, 4.69) is 15.4 Å². The van der Waals surface area contributed by atoms with Gasteiger partial charge in [-0.2, -0.15) is 4.98 Å². The van der Waals surface area contributed by atoms with Crippen LogP contribution in [0.3, 0.4) is 0 Å². The molecule has 0 radical (unpaired) electrons. The molecule has 27 heavy (non-hydrogen) atoms. The summed E-state index contributed by atoms with van der Waals surface area (Å²) in [5.41, 5.74) is 1.53. The van der Waals surface area contributed by atoms with Gasteiger partial charge >= 0.3 is 0 Å². The number of hydrogen-bond acceptors (Lipinski definition) is 5. The molecule has 0 fully saturated rings. The van der Waals surface area contributed by atoms with Crippen LogP contribution in [0.1, 0.15) is 38.7 Å². The van der Waals surface area contributed by atoms with Gasteiger partial charge in [-0.1, -0.05) is 42.5 Å². The number of aromatic nitrogens is 3. The van der Waals surface area contributed by atoms with Crippen LogP contribution < -0.4 is 10.2 Å². The van der Waals surface area contributed by atoms with Crippen LogP contribution in [0, 0.1) is 0 Å². The van der Waals surface area contributed by atoms with Crippen LogP contribution in [-0.4, -0.2) is 32.5 Å². The Balaban J connectivity index is 1.59. The largest absolute Gasteiger partial charge is 0.295 e. The maximum atomic E-state index is 12.7. The fourth-order valence-electron chi connectivity index (χ4n) is 3.45. The molecule has 132 valence electrons. The molecule has 3 amide bonds. The van der Waals surface area contributed by atoms with Gasteiger partial charge in [0.05, 0.1) is 23.6 Å². The summed E-state index contributed by atoms with van der Waals surface area (Å²) in [5.74, 6) is -0.967. The number of rotatable bonds is 2. The van der Waals surface area contributed by atoms with Gasteiger partial charge in [-0.3, -0.25) is 19.7 Å². The second-order valence-corrected chi connectivity index (χ2v) is 6.35. The minimum Gasteiger partial charge on any atom is -0.295 e. The van der Waals surface area contributed by atoms with Crippen molar-refractivity contribution in [3.63, 3.8) is 0 Å². The zero-order chi connectivity index (χ0) is 18.5. The van der Waals surface area contributed by atoms with Crippen LogP contribution in [0.2, 0.25) is 0 Å². The fourth-order valence-corrected chi connectivity index (χ4v) is 3.45. The number of fused-ring (bicyclic) bond motifs is 2. The number of carbonyl (C=O) groups excluding carboxylic acids is 3. The molecule has 2 aromatic carbocycles. The van der Waals surface area contributed by atoms with Crippen LogP contribution in [0.15, 0.2) is 54.6 Å².